The predicted octanol–water partition coefficient (Wildman–Crippen LogP) is 3.36. The van der Waals surface area contributed by atoms with Crippen LogP contribution in [0.1, 0.15) is 59.3 Å². The van der Waals surface area contributed by atoms with Gasteiger partial charge in [-0.1, -0.05) is 20.8 Å². The lowest BCUT2D eigenvalue weighted by Crippen LogP contribution is -2.51. The Morgan fingerprint density at radius 2 is 1.45 bits per heavy atom. The molecule has 0 atom stereocenters. The zero-order valence-electron chi connectivity index (χ0n) is 12.9. The number of ether oxygens (including phenoxy) is 1. The molecule has 4 aliphatic rings. The molecule has 4 bridgehead atoms. The van der Waals surface area contributed by atoms with Crippen molar-refractivity contribution in [2.24, 2.45) is 28.6 Å². The highest BCUT2D eigenvalue weighted by molar-refractivity contribution is 5.87. The molecule has 0 aliphatic heterocycles. The summed E-state index contributed by atoms with van der Waals surface area (Å²) in [6.07, 6.45) is 6.94. The van der Waals surface area contributed by atoms with Crippen LogP contribution in [0.3, 0.4) is 0 Å². The van der Waals surface area contributed by atoms with E-state index in [4.69, 9.17) is 4.74 Å². The number of Topliss-reactive ketones (excluding diaryl/α,β-unsaturated/α-hetero) is 1. The summed E-state index contributed by atoms with van der Waals surface area (Å²) in [5.41, 5.74) is -0.672. The van der Waals surface area contributed by atoms with Gasteiger partial charge in [0.25, 0.3) is 0 Å². The minimum Gasteiger partial charge on any atom is -0.457 e. The van der Waals surface area contributed by atoms with Gasteiger partial charge < -0.3 is 4.74 Å². The van der Waals surface area contributed by atoms with E-state index < -0.39 is 5.41 Å². The van der Waals surface area contributed by atoms with E-state index in [1.807, 2.05) is 20.8 Å². The van der Waals surface area contributed by atoms with Gasteiger partial charge in [0, 0.05) is 5.41 Å². The van der Waals surface area contributed by atoms with E-state index in [2.05, 4.69) is 0 Å². The van der Waals surface area contributed by atoms with Gasteiger partial charge in [-0.05, 0) is 56.3 Å². The molecule has 20 heavy (non-hydrogen) atoms. The van der Waals surface area contributed by atoms with Gasteiger partial charge in [-0.3, -0.25) is 9.59 Å². The molecule has 0 aromatic rings. The first kappa shape index (κ1) is 14.1. The SMILES string of the molecule is CC(C)(C)C(=O)COC(=O)C12CC3CC(CC(C3)C1)C2. The third-order valence-corrected chi connectivity index (χ3v) is 5.64. The highest BCUT2D eigenvalue weighted by Crippen LogP contribution is 2.60. The monoisotopic (exact) mass is 278 g/mol. The molecule has 0 amide bonds. The molecule has 4 saturated carbocycles. The van der Waals surface area contributed by atoms with Crippen LogP contribution in [-0.4, -0.2) is 18.4 Å². The fourth-order valence-electron chi connectivity index (χ4n) is 4.86. The van der Waals surface area contributed by atoms with Gasteiger partial charge in [0.1, 0.15) is 0 Å². The van der Waals surface area contributed by atoms with Gasteiger partial charge in [0.05, 0.1) is 5.41 Å². The Balaban J connectivity index is 1.64. The number of carbonyl (C=O) groups excluding carboxylic acids is 2. The van der Waals surface area contributed by atoms with Crippen molar-refractivity contribution in [2.75, 3.05) is 6.61 Å². The maximum Gasteiger partial charge on any atom is 0.312 e. The number of carbonyl (C=O) groups is 2. The summed E-state index contributed by atoms with van der Waals surface area (Å²) in [5.74, 6) is 2.11. The molecular weight excluding hydrogens is 252 g/mol. The molecule has 112 valence electrons. The van der Waals surface area contributed by atoms with E-state index in [0.717, 1.165) is 37.0 Å². The van der Waals surface area contributed by atoms with E-state index in [1.165, 1.54) is 19.3 Å². The second kappa shape index (κ2) is 4.57. The Kier molecular flexibility index (Phi) is 3.22. The quantitative estimate of drug-likeness (QED) is 0.743. The molecule has 4 aliphatic carbocycles. The third kappa shape index (κ3) is 2.40. The van der Waals surface area contributed by atoms with Crippen molar-refractivity contribution >= 4 is 11.8 Å². The molecule has 0 spiro atoms. The fraction of sp³-hybridized carbons (Fsp3) is 0.882. The predicted molar refractivity (Wildman–Crippen MR) is 76.0 cm³/mol. The second-order valence-corrected chi connectivity index (χ2v) is 8.45. The zero-order chi connectivity index (χ0) is 14.5. The lowest BCUT2D eigenvalue weighted by atomic mass is 9.49. The van der Waals surface area contributed by atoms with Crippen LogP contribution in [-0.2, 0) is 14.3 Å². The van der Waals surface area contributed by atoms with Crippen molar-refractivity contribution < 1.29 is 14.3 Å². The van der Waals surface area contributed by atoms with Gasteiger partial charge in [-0.2, -0.15) is 0 Å². The molecule has 0 aromatic heterocycles. The molecule has 0 saturated heterocycles. The van der Waals surface area contributed by atoms with Crippen LogP contribution in [0.5, 0.6) is 0 Å². The van der Waals surface area contributed by atoms with Crippen molar-refractivity contribution in [1.29, 1.82) is 0 Å². The van der Waals surface area contributed by atoms with E-state index in [1.54, 1.807) is 0 Å². The molecule has 0 unspecified atom stereocenters. The first-order valence-corrected chi connectivity index (χ1v) is 7.99. The maximum atomic E-state index is 12.6. The number of hydrogen-bond acceptors (Lipinski definition) is 3. The minimum atomic E-state index is -0.429. The molecule has 0 heterocycles. The molecule has 0 N–H and O–H groups in total. The summed E-state index contributed by atoms with van der Waals surface area (Å²) >= 11 is 0. The largest absolute Gasteiger partial charge is 0.457 e. The van der Waals surface area contributed by atoms with Crippen molar-refractivity contribution in [3.63, 3.8) is 0 Å². The van der Waals surface area contributed by atoms with Crippen LogP contribution < -0.4 is 0 Å². The first-order chi connectivity index (χ1) is 9.28. The standard InChI is InChI=1S/C17H26O3/c1-16(2,3)14(18)10-20-15(19)17-7-11-4-12(8-17)6-13(5-11)9-17/h11-13H,4-10H2,1-3H3. The average molecular weight is 278 g/mol. The molecule has 4 fully saturated rings. The Labute approximate surface area is 121 Å². The summed E-state index contributed by atoms with van der Waals surface area (Å²) in [4.78, 5) is 24.5. The minimum absolute atomic E-state index is 0.00979. The second-order valence-electron chi connectivity index (χ2n) is 8.45. The van der Waals surface area contributed by atoms with Crippen LogP contribution in [0.4, 0.5) is 0 Å². The van der Waals surface area contributed by atoms with E-state index in [0.29, 0.717) is 0 Å². The third-order valence-electron chi connectivity index (χ3n) is 5.64. The highest BCUT2D eigenvalue weighted by Gasteiger charge is 2.55. The topological polar surface area (TPSA) is 43.4 Å². The summed E-state index contributed by atoms with van der Waals surface area (Å²) in [6.45, 7) is 5.56. The average Bonchev–Trinajstić information content (AvgIpc) is 2.32. The van der Waals surface area contributed by atoms with Crippen molar-refractivity contribution in [3.8, 4) is 0 Å². The Morgan fingerprint density at radius 3 is 1.85 bits per heavy atom. The summed E-state index contributed by atoms with van der Waals surface area (Å²) < 4.78 is 5.43. The molecule has 3 heteroatoms. The van der Waals surface area contributed by atoms with E-state index >= 15 is 0 Å². The Bertz CT molecular complexity index is 395. The maximum absolute atomic E-state index is 12.6. The smallest absolute Gasteiger partial charge is 0.312 e. The Morgan fingerprint density at radius 1 is 1.00 bits per heavy atom. The molecule has 0 aromatic carbocycles. The summed E-state index contributed by atoms with van der Waals surface area (Å²) in [5, 5.41) is 0. The van der Waals surface area contributed by atoms with E-state index in [9.17, 15) is 9.59 Å². The Hall–Kier alpha value is -0.860. The number of hydrogen-bond donors (Lipinski definition) is 0. The van der Waals surface area contributed by atoms with Crippen molar-refractivity contribution in [1.82, 2.24) is 0 Å². The van der Waals surface area contributed by atoms with Crippen LogP contribution in [0.25, 0.3) is 0 Å². The molecule has 3 nitrogen and oxygen atoms in total. The highest BCUT2D eigenvalue weighted by atomic mass is 16.5. The van der Waals surface area contributed by atoms with Gasteiger partial charge in [0.2, 0.25) is 0 Å². The fourth-order valence-corrected chi connectivity index (χ4v) is 4.86. The van der Waals surface area contributed by atoms with Crippen LogP contribution >= 0.6 is 0 Å². The molecule has 0 radical (unpaired) electrons. The van der Waals surface area contributed by atoms with Crippen LogP contribution in [0, 0.1) is 28.6 Å². The molecule has 4 rings (SSSR count). The van der Waals surface area contributed by atoms with Gasteiger partial charge in [-0.15, -0.1) is 0 Å². The number of esters is 1. The summed E-state index contributed by atoms with van der Waals surface area (Å²) in [7, 11) is 0. The lowest BCUT2D eigenvalue weighted by molar-refractivity contribution is -0.173. The normalized spacial score (nSPS) is 38.9. The first-order valence-electron chi connectivity index (χ1n) is 7.99. The number of ketones is 1. The van der Waals surface area contributed by atoms with Gasteiger partial charge in [0.15, 0.2) is 12.4 Å². The zero-order valence-corrected chi connectivity index (χ0v) is 12.9. The van der Waals surface area contributed by atoms with Crippen molar-refractivity contribution in [2.45, 2.75) is 59.3 Å². The molecular formula is C17H26O3. The number of rotatable bonds is 3. The van der Waals surface area contributed by atoms with Crippen LogP contribution in [0.15, 0.2) is 0 Å². The van der Waals surface area contributed by atoms with Gasteiger partial charge >= 0.3 is 5.97 Å². The van der Waals surface area contributed by atoms with Gasteiger partial charge in [-0.25, -0.2) is 0 Å². The summed E-state index contributed by atoms with van der Waals surface area (Å²) in [6, 6.07) is 0. The van der Waals surface area contributed by atoms with E-state index in [-0.39, 0.29) is 23.8 Å². The van der Waals surface area contributed by atoms with Crippen molar-refractivity contribution in [3.05, 3.63) is 0 Å². The van der Waals surface area contributed by atoms with Crippen LogP contribution in [0.2, 0.25) is 0 Å². The lowest BCUT2D eigenvalue weighted by Gasteiger charge is -2.55.